The average Bonchev–Trinajstić information content (AvgIpc) is 2.47. The molecule has 0 unspecified atom stereocenters. The van der Waals surface area contributed by atoms with E-state index < -0.39 is 22.7 Å². The van der Waals surface area contributed by atoms with Crippen molar-refractivity contribution in [3.63, 3.8) is 0 Å². The van der Waals surface area contributed by atoms with Crippen molar-refractivity contribution in [1.29, 1.82) is 0 Å². The van der Waals surface area contributed by atoms with E-state index in [-0.39, 0.29) is 33.7 Å². The van der Waals surface area contributed by atoms with Crippen LogP contribution in [0.3, 0.4) is 0 Å². The molecule has 0 bridgehead atoms. The largest absolute Gasteiger partial charge is 0.508 e. The van der Waals surface area contributed by atoms with E-state index in [1.807, 2.05) is 0 Å². The molecular weight excluding hydrogens is 306 g/mol. The van der Waals surface area contributed by atoms with Gasteiger partial charge >= 0.3 is 0 Å². The molecule has 23 heavy (non-hydrogen) atoms. The third-order valence-electron chi connectivity index (χ3n) is 3.29. The summed E-state index contributed by atoms with van der Waals surface area (Å²) in [6.07, 6.45) is 0. The average molecular weight is 315 g/mol. The molecule has 8 heteroatoms. The number of rotatable bonds is 2. The molecule has 0 fully saturated rings. The summed E-state index contributed by atoms with van der Waals surface area (Å²) in [6.45, 7) is 0. The smallest absolute Gasteiger partial charge is 0.294 e. The van der Waals surface area contributed by atoms with Gasteiger partial charge in [0.05, 0.1) is 0 Å². The molecule has 3 rings (SSSR count). The van der Waals surface area contributed by atoms with Gasteiger partial charge in [0, 0.05) is 23.8 Å². The van der Waals surface area contributed by atoms with Gasteiger partial charge in [-0.25, -0.2) is 0 Å². The molecule has 0 radical (unpaired) electrons. The maximum atomic E-state index is 12.6. The summed E-state index contributed by atoms with van der Waals surface area (Å²) >= 11 is 0. The third-order valence-corrected chi connectivity index (χ3v) is 3.29. The summed E-state index contributed by atoms with van der Waals surface area (Å²) in [5.41, 5.74) is -1.80. The Labute approximate surface area is 127 Å². The van der Waals surface area contributed by atoms with Crippen molar-refractivity contribution in [2.45, 2.75) is 0 Å². The molecular formula is C15H9NO7. The zero-order valence-electron chi connectivity index (χ0n) is 11.3. The van der Waals surface area contributed by atoms with Crippen molar-refractivity contribution in [2.24, 2.45) is 5.18 Å². The lowest BCUT2D eigenvalue weighted by atomic mass is 10.0. The van der Waals surface area contributed by atoms with Crippen molar-refractivity contribution < 1.29 is 24.8 Å². The first-order valence-electron chi connectivity index (χ1n) is 6.31. The maximum Gasteiger partial charge on any atom is 0.294 e. The molecule has 0 amide bonds. The van der Waals surface area contributed by atoms with E-state index in [4.69, 9.17) is 4.42 Å². The fraction of sp³-hybridized carbons (Fsp3) is 0. The molecule has 4 N–H and O–H groups in total. The van der Waals surface area contributed by atoms with E-state index in [1.54, 1.807) is 0 Å². The topological polar surface area (TPSA) is 141 Å². The zero-order chi connectivity index (χ0) is 16.7. The number of hydrogen-bond donors (Lipinski definition) is 4. The molecule has 8 nitrogen and oxygen atoms in total. The summed E-state index contributed by atoms with van der Waals surface area (Å²) in [6, 6.07) is 5.42. The van der Waals surface area contributed by atoms with Gasteiger partial charge in [0.15, 0.2) is 0 Å². The van der Waals surface area contributed by atoms with Crippen molar-refractivity contribution in [2.75, 3.05) is 0 Å². The number of aromatic hydroxyl groups is 4. The lowest BCUT2D eigenvalue weighted by Gasteiger charge is -2.08. The van der Waals surface area contributed by atoms with Crippen LogP contribution >= 0.6 is 0 Å². The van der Waals surface area contributed by atoms with Crippen molar-refractivity contribution in [3.05, 3.63) is 45.5 Å². The minimum absolute atomic E-state index is 0.0709. The molecule has 1 aromatic heterocycles. The van der Waals surface area contributed by atoms with Gasteiger partial charge in [-0.05, 0) is 17.3 Å². The molecule has 3 aromatic rings. The van der Waals surface area contributed by atoms with Crippen LogP contribution in [0.1, 0.15) is 0 Å². The molecule has 116 valence electrons. The first-order chi connectivity index (χ1) is 10.9. The quantitative estimate of drug-likeness (QED) is 0.533. The van der Waals surface area contributed by atoms with E-state index in [2.05, 4.69) is 5.18 Å². The number of hydrogen-bond acceptors (Lipinski definition) is 8. The number of benzene rings is 2. The molecule has 0 saturated carbocycles. The fourth-order valence-corrected chi connectivity index (χ4v) is 2.32. The van der Waals surface area contributed by atoms with Crippen LogP contribution in [-0.2, 0) is 0 Å². The van der Waals surface area contributed by atoms with Gasteiger partial charge in [0.2, 0.25) is 5.43 Å². The predicted octanol–water partition coefficient (Wildman–Crippen LogP) is 2.68. The summed E-state index contributed by atoms with van der Waals surface area (Å²) < 4.78 is 5.05. The number of phenolic OH excluding ortho intramolecular Hbond substituents is 3. The van der Waals surface area contributed by atoms with Gasteiger partial charge in [0.25, 0.3) is 5.95 Å². The monoisotopic (exact) mass is 315 g/mol. The molecule has 0 spiro atoms. The Hall–Kier alpha value is -3.55. The Bertz CT molecular complexity index is 1010. The third kappa shape index (κ3) is 2.22. The maximum absolute atomic E-state index is 12.6. The second kappa shape index (κ2) is 5.02. The fourth-order valence-electron chi connectivity index (χ4n) is 2.32. The Kier molecular flexibility index (Phi) is 3.14. The van der Waals surface area contributed by atoms with Crippen molar-refractivity contribution in [3.8, 4) is 34.3 Å². The summed E-state index contributed by atoms with van der Waals surface area (Å²) in [5.74, 6) is -1.97. The Morgan fingerprint density at radius 3 is 2.39 bits per heavy atom. The lowest BCUT2D eigenvalue weighted by molar-refractivity contribution is 0.341. The molecule has 1 heterocycles. The van der Waals surface area contributed by atoms with Crippen LogP contribution < -0.4 is 5.43 Å². The van der Waals surface area contributed by atoms with Crippen LogP contribution in [0, 0.1) is 4.91 Å². The molecule has 2 aromatic carbocycles. The predicted molar refractivity (Wildman–Crippen MR) is 80.0 cm³/mol. The highest BCUT2D eigenvalue weighted by Gasteiger charge is 2.21. The zero-order valence-corrected chi connectivity index (χ0v) is 11.3. The van der Waals surface area contributed by atoms with E-state index in [1.165, 1.54) is 12.1 Å². The highest BCUT2D eigenvalue weighted by molar-refractivity contribution is 5.91. The second-order valence-electron chi connectivity index (χ2n) is 4.74. The minimum atomic E-state index is -0.822. The number of nitroso groups, excluding NO2 is 1. The molecule has 0 aliphatic rings. The van der Waals surface area contributed by atoms with Gasteiger partial charge in [-0.2, -0.15) is 0 Å². The second-order valence-corrected chi connectivity index (χ2v) is 4.74. The van der Waals surface area contributed by atoms with Crippen molar-refractivity contribution in [1.82, 2.24) is 0 Å². The molecule has 0 saturated heterocycles. The molecule has 0 aliphatic carbocycles. The Morgan fingerprint density at radius 2 is 1.70 bits per heavy atom. The van der Waals surface area contributed by atoms with Gasteiger partial charge in [-0.3, -0.25) is 4.79 Å². The molecule has 0 aliphatic heterocycles. The van der Waals surface area contributed by atoms with Gasteiger partial charge < -0.3 is 24.8 Å². The minimum Gasteiger partial charge on any atom is -0.508 e. The molecule has 0 atom stereocenters. The van der Waals surface area contributed by atoms with Crippen LogP contribution in [0.4, 0.5) is 5.69 Å². The van der Waals surface area contributed by atoms with E-state index in [0.717, 1.165) is 18.2 Å². The van der Waals surface area contributed by atoms with Gasteiger partial charge in [-0.1, -0.05) is 0 Å². The lowest BCUT2D eigenvalue weighted by Crippen LogP contribution is -2.06. The number of nitrogens with zero attached hydrogens (tertiary/aromatic N) is 1. The van der Waals surface area contributed by atoms with Crippen LogP contribution in [0.2, 0.25) is 0 Å². The number of fused-ring (bicyclic) bond motifs is 1. The Balaban J connectivity index is 2.44. The standard InChI is InChI=1S/C15H9NO7/c17-6-1-2-8(9(3-6)16-22)12-14(20)13-10(19)4-7(18)5-11(13)23-15(12)21/h1-5,17-19,21H. The van der Waals surface area contributed by atoms with Gasteiger partial charge in [0.1, 0.15) is 39.5 Å². The first kappa shape index (κ1) is 14.4. The van der Waals surface area contributed by atoms with Crippen LogP contribution in [0.15, 0.2) is 44.7 Å². The van der Waals surface area contributed by atoms with Crippen molar-refractivity contribution >= 4 is 16.7 Å². The van der Waals surface area contributed by atoms with E-state index in [9.17, 15) is 30.1 Å². The Morgan fingerprint density at radius 1 is 0.957 bits per heavy atom. The highest BCUT2D eigenvalue weighted by atomic mass is 16.5. The normalized spacial score (nSPS) is 10.8. The summed E-state index contributed by atoms with van der Waals surface area (Å²) in [4.78, 5) is 23.5. The summed E-state index contributed by atoms with van der Waals surface area (Å²) in [7, 11) is 0. The van der Waals surface area contributed by atoms with Gasteiger partial charge in [-0.15, -0.1) is 4.91 Å². The van der Waals surface area contributed by atoms with E-state index in [0.29, 0.717) is 0 Å². The van der Waals surface area contributed by atoms with E-state index >= 15 is 0 Å². The first-order valence-corrected chi connectivity index (χ1v) is 6.31. The highest BCUT2D eigenvalue weighted by Crippen LogP contribution is 2.39. The van der Waals surface area contributed by atoms with Crippen LogP contribution in [0.5, 0.6) is 23.2 Å². The van der Waals surface area contributed by atoms with Crippen LogP contribution in [-0.4, -0.2) is 20.4 Å². The van der Waals surface area contributed by atoms with Crippen LogP contribution in [0.25, 0.3) is 22.1 Å². The SMILES string of the molecule is O=Nc1cc(O)ccc1-c1c(O)oc2cc(O)cc(O)c2c1=O. The summed E-state index contributed by atoms with van der Waals surface area (Å²) in [5, 5.41) is 41.0. The number of phenols is 3.